The Kier molecular flexibility index (Phi) is 4.01. The first kappa shape index (κ1) is 12.4. The topological polar surface area (TPSA) is 94.0 Å². The summed E-state index contributed by atoms with van der Waals surface area (Å²) in [4.78, 5) is 10.6. The van der Waals surface area contributed by atoms with E-state index in [2.05, 4.69) is 14.8 Å². The summed E-state index contributed by atoms with van der Waals surface area (Å²) in [5, 5.41) is 17.7. The zero-order chi connectivity index (χ0) is 12.3. The van der Waals surface area contributed by atoms with Gasteiger partial charge in [-0.3, -0.25) is 4.79 Å². The number of aryl methyl sites for hydroxylation is 1. The molecule has 1 aromatic rings. The molecule has 0 saturated heterocycles. The van der Waals surface area contributed by atoms with Crippen molar-refractivity contribution >= 4 is 17.7 Å². The lowest BCUT2D eigenvalue weighted by atomic mass is 10.2. The molecule has 0 fully saturated rings. The number of rotatable bonds is 4. The Morgan fingerprint density at radius 1 is 1.47 bits per heavy atom. The minimum atomic E-state index is -0.979. The van der Waals surface area contributed by atoms with E-state index in [1.165, 1.54) is 18.2 Å². The molecule has 1 unspecified atom stereocenters. The van der Waals surface area contributed by atoms with Crippen LogP contribution in [0.4, 0.5) is 0 Å². The molecule has 0 amide bonds. The lowest BCUT2D eigenvalue weighted by Crippen LogP contribution is -2.32. The Labute approximate surface area is 104 Å². The summed E-state index contributed by atoms with van der Waals surface area (Å²) < 4.78 is 2.09. The van der Waals surface area contributed by atoms with Gasteiger partial charge in [-0.25, -0.2) is 0 Å². The van der Waals surface area contributed by atoms with Gasteiger partial charge in [0.25, 0.3) is 0 Å². The number of thioether (sulfide) groups is 1. The Morgan fingerprint density at radius 3 is 3.06 bits per heavy atom. The van der Waals surface area contributed by atoms with Gasteiger partial charge in [0.15, 0.2) is 5.16 Å². The van der Waals surface area contributed by atoms with Crippen LogP contribution in [-0.4, -0.2) is 37.6 Å². The van der Waals surface area contributed by atoms with Crippen molar-refractivity contribution in [3.63, 3.8) is 0 Å². The monoisotopic (exact) mass is 256 g/mol. The number of carbonyl (C=O) groups is 1. The molecule has 3 N–H and O–H groups in total. The molecule has 17 heavy (non-hydrogen) atoms. The Balaban J connectivity index is 2.01. The molecule has 0 radical (unpaired) electrons. The van der Waals surface area contributed by atoms with Crippen molar-refractivity contribution in [1.29, 1.82) is 0 Å². The maximum Gasteiger partial charge on any atom is 0.321 e. The Morgan fingerprint density at radius 2 is 2.29 bits per heavy atom. The van der Waals surface area contributed by atoms with Crippen LogP contribution in [0.3, 0.4) is 0 Å². The van der Waals surface area contributed by atoms with E-state index in [0.717, 1.165) is 36.8 Å². The number of hydrogen-bond donors (Lipinski definition) is 2. The molecule has 1 atom stereocenters. The molecule has 2 rings (SSSR count). The molecule has 1 aliphatic rings. The van der Waals surface area contributed by atoms with E-state index in [1.54, 1.807) is 0 Å². The van der Waals surface area contributed by atoms with Crippen molar-refractivity contribution in [2.45, 2.75) is 43.4 Å². The zero-order valence-corrected chi connectivity index (χ0v) is 10.3. The van der Waals surface area contributed by atoms with E-state index in [4.69, 9.17) is 10.8 Å². The molecule has 2 heterocycles. The van der Waals surface area contributed by atoms with Gasteiger partial charge < -0.3 is 15.4 Å². The molecule has 0 aliphatic carbocycles. The van der Waals surface area contributed by atoms with E-state index < -0.39 is 12.0 Å². The van der Waals surface area contributed by atoms with Gasteiger partial charge in [0.05, 0.1) is 0 Å². The molecular weight excluding hydrogens is 240 g/mol. The molecule has 0 aromatic carbocycles. The van der Waals surface area contributed by atoms with Crippen LogP contribution in [0.2, 0.25) is 0 Å². The quantitative estimate of drug-likeness (QED) is 0.762. The van der Waals surface area contributed by atoms with Crippen molar-refractivity contribution < 1.29 is 9.90 Å². The largest absolute Gasteiger partial charge is 0.480 e. The molecule has 0 bridgehead atoms. The number of hydrogen-bond acceptors (Lipinski definition) is 5. The highest BCUT2D eigenvalue weighted by Crippen LogP contribution is 2.21. The maximum absolute atomic E-state index is 10.6. The Bertz CT molecular complexity index is 407. The minimum Gasteiger partial charge on any atom is -0.480 e. The van der Waals surface area contributed by atoms with Gasteiger partial charge in [-0.05, 0) is 12.8 Å². The summed E-state index contributed by atoms with van der Waals surface area (Å²) in [5.41, 5.74) is 5.46. The predicted molar refractivity (Wildman–Crippen MR) is 63.9 cm³/mol. The summed E-state index contributed by atoms with van der Waals surface area (Å²) in [7, 11) is 0. The first-order valence-electron chi connectivity index (χ1n) is 5.71. The van der Waals surface area contributed by atoms with Gasteiger partial charge >= 0.3 is 5.97 Å². The lowest BCUT2D eigenvalue weighted by molar-refractivity contribution is -0.137. The highest BCUT2D eigenvalue weighted by Gasteiger charge is 2.17. The fourth-order valence-electron chi connectivity index (χ4n) is 1.80. The van der Waals surface area contributed by atoms with Crippen molar-refractivity contribution in [1.82, 2.24) is 14.8 Å². The normalized spacial score (nSPS) is 17.2. The average Bonchev–Trinajstić information content (AvgIpc) is 2.54. The molecular formula is C10H16N4O2S. The van der Waals surface area contributed by atoms with Crippen LogP contribution in [0.25, 0.3) is 0 Å². The second kappa shape index (κ2) is 5.50. The number of aromatic nitrogens is 3. The summed E-state index contributed by atoms with van der Waals surface area (Å²) in [6.07, 6.45) is 4.45. The summed E-state index contributed by atoms with van der Waals surface area (Å²) in [5.74, 6) is 0.356. The van der Waals surface area contributed by atoms with E-state index >= 15 is 0 Å². The molecule has 6 nitrogen and oxygen atoms in total. The fourth-order valence-corrected chi connectivity index (χ4v) is 2.72. The summed E-state index contributed by atoms with van der Waals surface area (Å²) in [6.45, 7) is 0.924. The Hall–Kier alpha value is -1.08. The highest BCUT2D eigenvalue weighted by atomic mass is 32.2. The van der Waals surface area contributed by atoms with Gasteiger partial charge in [0.2, 0.25) is 0 Å². The first-order chi connectivity index (χ1) is 8.18. The van der Waals surface area contributed by atoms with Crippen LogP contribution >= 0.6 is 11.8 Å². The summed E-state index contributed by atoms with van der Waals surface area (Å²) >= 11 is 1.37. The number of nitrogens with two attached hydrogens (primary N) is 1. The van der Waals surface area contributed by atoms with Gasteiger partial charge in [-0.2, -0.15) is 0 Å². The SMILES string of the molecule is NC(CSc1nnc2n1CCCCC2)C(=O)O. The third kappa shape index (κ3) is 2.98. The molecule has 0 saturated carbocycles. The highest BCUT2D eigenvalue weighted by molar-refractivity contribution is 7.99. The average molecular weight is 256 g/mol. The standard InChI is InChI=1S/C10H16N4O2S/c11-7(9(15)16)6-17-10-13-12-8-4-2-1-3-5-14(8)10/h7H,1-6,11H2,(H,15,16). The van der Waals surface area contributed by atoms with E-state index in [0.29, 0.717) is 5.75 Å². The minimum absolute atomic E-state index is 0.327. The third-order valence-corrected chi connectivity index (χ3v) is 3.87. The first-order valence-corrected chi connectivity index (χ1v) is 6.70. The van der Waals surface area contributed by atoms with Crippen LogP contribution in [0.1, 0.15) is 25.1 Å². The molecule has 94 valence electrons. The number of nitrogens with zero attached hydrogens (tertiary/aromatic N) is 3. The second-order valence-electron chi connectivity index (χ2n) is 4.12. The second-order valence-corrected chi connectivity index (χ2v) is 5.10. The van der Waals surface area contributed by atoms with Gasteiger partial charge in [0, 0.05) is 18.7 Å². The van der Waals surface area contributed by atoms with Crippen molar-refractivity contribution in [3.05, 3.63) is 5.82 Å². The number of carboxylic acid groups (broad SMARTS) is 1. The zero-order valence-electron chi connectivity index (χ0n) is 9.50. The summed E-state index contributed by atoms with van der Waals surface area (Å²) in [6, 6.07) is -0.848. The molecule has 0 spiro atoms. The molecule has 1 aromatic heterocycles. The van der Waals surface area contributed by atoms with Crippen molar-refractivity contribution in [2.75, 3.05) is 5.75 Å². The lowest BCUT2D eigenvalue weighted by Gasteiger charge is -2.08. The van der Waals surface area contributed by atoms with Gasteiger partial charge in [0.1, 0.15) is 11.9 Å². The smallest absolute Gasteiger partial charge is 0.321 e. The van der Waals surface area contributed by atoms with Gasteiger partial charge in [-0.15, -0.1) is 10.2 Å². The number of carboxylic acids is 1. The van der Waals surface area contributed by atoms with Gasteiger partial charge in [-0.1, -0.05) is 18.2 Å². The van der Waals surface area contributed by atoms with Crippen LogP contribution in [0.15, 0.2) is 5.16 Å². The fraction of sp³-hybridized carbons (Fsp3) is 0.700. The van der Waals surface area contributed by atoms with Crippen molar-refractivity contribution in [3.8, 4) is 0 Å². The molecule has 7 heteroatoms. The van der Waals surface area contributed by atoms with Crippen molar-refractivity contribution in [2.24, 2.45) is 5.73 Å². The van der Waals surface area contributed by atoms with Crippen LogP contribution < -0.4 is 5.73 Å². The number of fused-ring (bicyclic) bond motifs is 1. The molecule has 1 aliphatic heterocycles. The van der Waals surface area contributed by atoms with Crippen LogP contribution in [-0.2, 0) is 17.8 Å². The predicted octanol–water partition coefficient (Wildman–Crippen LogP) is 0.508. The van der Waals surface area contributed by atoms with Crippen LogP contribution in [0.5, 0.6) is 0 Å². The maximum atomic E-state index is 10.6. The van der Waals surface area contributed by atoms with Crippen LogP contribution in [0, 0.1) is 0 Å². The van der Waals surface area contributed by atoms with E-state index in [9.17, 15) is 4.79 Å². The van der Waals surface area contributed by atoms with E-state index in [1.807, 2.05) is 0 Å². The van der Waals surface area contributed by atoms with E-state index in [-0.39, 0.29) is 0 Å². The number of aliphatic carboxylic acids is 1. The third-order valence-electron chi connectivity index (χ3n) is 2.78.